The van der Waals surface area contributed by atoms with Gasteiger partial charge in [0.2, 0.25) is 0 Å². The first-order valence-electron chi connectivity index (χ1n) is 13.3. The highest BCUT2D eigenvalue weighted by atomic mass is 19.3. The van der Waals surface area contributed by atoms with Gasteiger partial charge in [0.15, 0.2) is 0 Å². The maximum absolute atomic E-state index is 15.6. The Morgan fingerprint density at radius 3 is 2.56 bits per heavy atom. The molecule has 2 aliphatic heterocycles. The number of alkyl halides is 2. The number of aromatic nitrogens is 3. The van der Waals surface area contributed by atoms with Crippen LogP contribution in [0.1, 0.15) is 29.6 Å². The van der Waals surface area contributed by atoms with E-state index in [1.807, 2.05) is 0 Å². The second-order valence-electron chi connectivity index (χ2n) is 10.2. The number of ether oxygens (including phenoxy) is 1. The number of nitrogens with one attached hydrogen (secondary N) is 2. The first-order valence-corrected chi connectivity index (χ1v) is 13.3. The molecular weight excluding hydrogens is 537 g/mol. The van der Waals surface area contributed by atoms with Crippen LogP contribution < -0.4 is 20.5 Å². The summed E-state index contributed by atoms with van der Waals surface area (Å²) in [5.41, 5.74) is 1.18. The van der Waals surface area contributed by atoms with Crippen molar-refractivity contribution >= 4 is 34.0 Å². The molecule has 6 rings (SSSR count). The van der Waals surface area contributed by atoms with E-state index in [0.717, 1.165) is 19.3 Å². The van der Waals surface area contributed by atoms with Crippen LogP contribution >= 0.6 is 0 Å². The number of hydrogen-bond donors (Lipinski definition) is 2. The molecule has 12 heteroatoms. The minimum absolute atomic E-state index is 0.0873. The summed E-state index contributed by atoms with van der Waals surface area (Å²) in [5.74, 6) is -3.09. The average Bonchev–Trinajstić information content (AvgIpc) is 2.96. The minimum Gasteiger partial charge on any atom is -0.496 e. The number of benzene rings is 1. The summed E-state index contributed by atoms with van der Waals surface area (Å²) >= 11 is 0. The Balaban J connectivity index is 1.36. The molecular formula is C29H27F3N6O3. The fraction of sp³-hybridized carbons (Fsp3) is 0.310. The van der Waals surface area contributed by atoms with E-state index in [1.165, 1.54) is 42.6 Å². The summed E-state index contributed by atoms with van der Waals surface area (Å²) in [7, 11) is 1.42. The van der Waals surface area contributed by atoms with Crippen molar-refractivity contribution in [1.82, 2.24) is 19.9 Å². The molecule has 2 aliphatic rings. The van der Waals surface area contributed by atoms with Crippen molar-refractivity contribution in [1.29, 1.82) is 0 Å². The van der Waals surface area contributed by atoms with Crippen LogP contribution in [0.3, 0.4) is 0 Å². The number of nitrogens with zero attached hydrogens (tertiary/aromatic N) is 4. The predicted octanol–water partition coefficient (Wildman–Crippen LogP) is 4.96. The molecule has 0 aliphatic carbocycles. The number of anilines is 3. The summed E-state index contributed by atoms with van der Waals surface area (Å²) in [6.45, 7) is 0.487. The molecule has 2 saturated heterocycles. The van der Waals surface area contributed by atoms with Crippen molar-refractivity contribution in [2.24, 2.45) is 0 Å². The fourth-order valence-electron chi connectivity index (χ4n) is 5.26. The van der Waals surface area contributed by atoms with Crippen molar-refractivity contribution < 1.29 is 22.7 Å². The number of piperidine rings is 1. The van der Waals surface area contributed by atoms with Gasteiger partial charge in [-0.05, 0) is 55.7 Å². The van der Waals surface area contributed by atoms with Gasteiger partial charge in [-0.25, -0.2) is 23.1 Å². The van der Waals surface area contributed by atoms with Gasteiger partial charge in [-0.15, -0.1) is 0 Å². The maximum atomic E-state index is 15.6. The Kier molecular flexibility index (Phi) is 6.76. The van der Waals surface area contributed by atoms with Crippen LogP contribution in [0.15, 0.2) is 53.6 Å². The standard InChI is InChI=1S/C29H27F3N6O3/c1-41-24-12-18(20(30)11-19(24)28(40)37-9-3-2-4-10-37)22-13-23(26-21(35-22)7-8-33-27(26)39)36-25-6-5-17(14-34-25)38-15-29(31,32)16-38/h5-8,11-14H,2-4,9-10,15-16H2,1H3,(H,33,39)(H,34,35,36). The first kappa shape index (κ1) is 26.6. The fourth-order valence-corrected chi connectivity index (χ4v) is 5.26. The number of H-pyrrole nitrogens is 1. The highest BCUT2D eigenvalue weighted by molar-refractivity contribution is 5.98. The number of fused-ring (bicyclic) bond motifs is 1. The maximum Gasteiger partial charge on any atom is 0.282 e. The van der Waals surface area contributed by atoms with Gasteiger partial charge in [0.1, 0.15) is 17.4 Å². The molecule has 2 fully saturated rings. The smallest absolute Gasteiger partial charge is 0.282 e. The molecule has 2 N–H and O–H groups in total. The van der Waals surface area contributed by atoms with Gasteiger partial charge < -0.3 is 24.8 Å². The number of amides is 1. The topological polar surface area (TPSA) is 103 Å². The summed E-state index contributed by atoms with van der Waals surface area (Å²) in [6.07, 6.45) is 5.76. The molecule has 0 bridgehead atoms. The first-order chi connectivity index (χ1) is 19.7. The van der Waals surface area contributed by atoms with E-state index in [0.29, 0.717) is 35.8 Å². The molecule has 4 aromatic rings. The molecule has 1 amide bonds. The second-order valence-corrected chi connectivity index (χ2v) is 10.2. The van der Waals surface area contributed by atoms with Crippen molar-refractivity contribution in [3.63, 3.8) is 0 Å². The summed E-state index contributed by atoms with van der Waals surface area (Å²) in [5, 5.41) is 3.32. The van der Waals surface area contributed by atoms with Gasteiger partial charge >= 0.3 is 0 Å². The summed E-state index contributed by atoms with van der Waals surface area (Å²) in [6, 6.07) is 8.98. The monoisotopic (exact) mass is 564 g/mol. The van der Waals surface area contributed by atoms with Crippen molar-refractivity contribution in [2.75, 3.05) is 43.5 Å². The van der Waals surface area contributed by atoms with Crippen LogP contribution in [0.4, 0.5) is 30.4 Å². The zero-order chi connectivity index (χ0) is 28.7. The van der Waals surface area contributed by atoms with E-state index in [-0.39, 0.29) is 47.0 Å². The molecule has 0 atom stereocenters. The Morgan fingerprint density at radius 1 is 1.10 bits per heavy atom. The number of halogens is 3. The molecule has 0 radical (unpaired) electrons. The van der Waals surface area contributed by atoms with Gasteiger partial charge in [-0.1, -0.05) is 0 Å². The lowest BCUT2D eigenvalue weighted by Gasteiger charge is -2.40. The number of methoxy groups -OCH3 is 1. The number of carbonyl (C=O) groups is 1. The van der Waals surface area contributed by atoms with Crippen molar-refractivity contribution in [3.05, 3.63) is 70.5 Å². The second kappa shape index (κ2) is 10.4. The van der Waals surface area contributed by atoms with Gasteiger partial charge in [-0.2, -0.15) is 0 Å². The third-order valence-electron chi connectivity index (χ3n) is 7.39. The van der Waals surface area contributed by atoms with Gasteiger partial charge in [0, 0.05) is 24.8 Å². The molecule has 0 saturated carbocycles. The lowest BCUT2D eigenvalue weighted by Crippen LogP contribution is -2.56. The van der Waals surface area contributed by atoms with Crippen LogP contribution in [0.25, 0.3) is 22.2 Å². The zero-order valence-electron chi connectivity index (χ0n) is 22.2. The quantitative estimate of drug-likeness (QED) is 0.341. The lowest BCUT2D eigenvalue weighted by molar-refractivity contribution is -0.0262. The van der Waals surface area contributed by atoms with Crippen LogP contribution in [-0.4, -0.2) is 65.0 Å². The summed E-state index contributed by atoms with van der Waals surface area (Å²) < 4.78 is 47.6. The Bertz CT molecular complexity index is 1680. The highest BCUT2D eigenvalue weighted by Gasteiger charge is 2.44. The number of pyridine rings is 3. The predicted molar refractivity (Wildman–Crippen MR) is 149 cm³/mol. The van der Waals surface area contributed by atoms with E-state index in [1.54, 1.807) is 23.1 Å². The zero-order valence-corrected chi connectivity index (χ0v) is 22.2. The number of carbonyl (C=O) groups excluding carboxylic acids is 1. The minimum atomic E-state index is -2.71. The number of hydrogen-bond acceptors (Lipinski definition) is 7. The molecule has 1 aromatic carbocycles. The largest absolute Gasteiger partial charge is 0.496 e. The molecule has 212 valence electrons. The van der Waals surface area contributed by atoms with Crippen molar-refractivity contribution in [2.45, 2.75) is 25.2 Å². The van der Waals surface area contributed by atoms with E-state index in [9.17, 15) is 18.4 Å². The molecule has 41 heavy (non-hydrogen) atoms. The SMILES string of the molecule is COc1cc(-c2cc(Nc3ccc(N4CC(F)(F)C4)cn3)c3c(=O)[nH]ccc3n2)c(F)cc1C(=O)N1CCCCC1. The third-order valence-corrected chi connectivity index (χ3v) is 7.39. The Hall–Kier alpha value is -4.61. The average molecular weight is 565 g/mol. The van der Waals surface area contributed by atoms with Crippen LogP contribution in [0.2, 0.25) is 0 Å². The molecule has 9 nitrogen and oxygen atoms in total. The number of rotatable bonds is 6. The normalized spacial score (nSPS) is 16.4. The van der Waals surface area contributed by atoms with E-state index in [2.05, 4.69) is 20.3 Å². The van der Waals surface area contributed by atoms with Crippen molar-refractivity contribution in [3.8, 4) is 17.0 Å². The van der Waals surface area contributed by atoms with Crippen LogP contribution in [0.5, 0.6) is 5.75 Å². The van der Waals surface area contributed by atoms with Gasteiger partial charge in [0.05, 0.1) is 59.9 Å². The third kappa shape index (κ3) is 5.17. The van der Waals surface area contributed by atoms with Gasteiger partial charge in [-0.3, -0.25) is 9.59 Å². The Morgan fingerprint density at radius 2 is 1.88 bits per heavy atom. The van der Waals surface area contributed by atoms with Crippen LogP contribution in [0, 0.1) is 5.82 Å². The molecule has 0 unspecified atom stereocenters. The molecule has 5 heterocycles. The number of likely N-dealkylation sites (tertiary alicyclic amines) is 1. The number of aromatic amines is 1. The van der Waals surface area contributed by atoms with Gasteiger partial charge in [0.25, 0.3) is 17.4 Å². The lowest BCUT2D eigenvalue weighted by atomic mass is 10.0. The summed E-state index contributed by atoms with van der Waals surface area (Å²) in [4.78, 5) is 40.6. The molecule has 0 spiro atoms. The Labute approximate surface area is 233 Å². The van der Waals surface area contributed by atoms with E-state index < -0.39 is 17.3 Å². The highest BCUT2D eigenvalue weighted by Crippen LogP contribution is 2.35. The van der Waals surface area contributed by atoms with E-state index >= 15 is 4.39 Å². The van der Waals surface area contributed by atoms with Crippen LogP contribution in [-0.2, 0) is 0 Å². The van der Waals surface area contributed by atoms with E-state index in [4.69, 9.17) is 4.74 Å². The molecule has 3 aromatic heterocycles.